The van der Waals surface area contributed by atoms with E-state index in [4.69, 9.17) is 11.6 Å². The molecule has 82 valence electrons. The lowest BCUT2D eigenvalue weighted by molar-refractivity contribution is 0.813. The molecular weight excluding hydrogens is 220 g/mol. The highest BCUT2D eigenvalue weighted by molar-refractivity contribution is 6.30. The number of rotatable bonds is 2. The van der Waals surface area contributed by atoms with E-state index in [1.807, 2.05) is 30.5 Å². The van der Waals surface area contributed by atoms with Crippen LogP contribution in [0.3, 0.4) is 0 Å². The van der Waals surface area contributed by atoms with Gasteiger partial charge in [-0.2, -0.15) is 0 Å². The van der Waals surface area contributed by atoms with Crippen molar-refractivity contribution in [3.8, 4) is 11.3 Å². The molecule has 0 aliphatic heterocycles. The fourth-order valence-corrected chi connectivity index (χ4v) is 1.62. The van der Waals surface area contributed by atoms with E-state index >= 15 is 0 Å². The molecule has 16 heavy (non-hydrogen) atoms. The number of hydrogen-bond donors (Lipinski definition) is 0. The van der Waals surface area contributed by atoms with Gasteiger partial charge in [0.2, 0.25) is 0 Å². The number of hydrogen-bond acceptors (Lipinski definition) is 2. The molecule has 0 amide bonds. The highest BCUT2D eigenvalue weighted by atomic mass is 35.5. The first-order valence-corrected chi connectivity index (χ1v) is 5.62. The van der Waals surface area contributed by atoms with Crippen molar-refractivity contribution in [2.75, 3.05) is 0 Å². The van der Waals surface area contributed by atoms with E-state index in [0.717, 1.165) is 17.0 Å². The van der Waals surface area contributed by atoms with Crippen molar-refractivity contribution in [1.82, 2.24) is 9.97 Å². The van der Waals surface area contributed by atoms with Gasteiger partial charge in [0.25, 0.3) is 0 Å². The summed E-state index contributed by atoms with van der Waals surface area (Å²) in [7, 11) is 0. The Hall–Kier alpha value is -1.41. The minimum atomic E-state index is 0.404. The molecule has 0 unspecified atom stereocenters. The molecule has 0 spiro atoms. The minimum Gasteiger partial charge on any atom is -0.257 e. The molecule has 3 heteroatoms. The van der Waals surface area contributed by atoms with Crippen molar-refractivity contribution >= 4 is 11.6 Å². The second kappa shape index (κ2) is 4.62. The Bertz CT molecular complexity index is 478. The van der Waals surface area contributed by atoms with Gasteiger partial charge >= 0.3 is 0 Å². The Morgan fingerprint density at radius 3 is 2.50 bits per heavy atom. The summed E-state index contributed by atoms with van der Waals surface area (Å²) in [6.45, 7) is 4.20. The maximum absolute atomic E-state index is 5.93. The Balaban J connectivity index is 2.35. The largest absolute Gasteiger partial charge is 0.257 e. The van der Waals surface area contributed by atoms with Crippen LogP contribution in [0, 0.1) is 0 Å². The zero-order valence-corrected chi connectivity index (χ0v) is 10.1. The molecule has 0 atom stereocenters. The van der Waals surface area contributed by atoms with Gasteiger partial charge in [-0.1, -0.05) is 37.6 Å². The minimum absolute atomic E-state index is 0.404. The summed E-state index contributed by atoms with van der Waals surface area (Å²) < 4.78 is 0. The molecular formula is C13H13ClN2. The molecule has 0 aliphatic carbocycles. The SMILES string of the molecule is CC(C)c1cnc(-c2cccc(Cl)c2)cn1. The molecule has 2 rings (SSSR count). The lowest BCUT2D eigenvalue weighted by Crippen LogP contribution is -1.94. The fourth-order valence-electron chi connectivity index (χ4n) is 1.43. The second-order valence-electron chi connectivity index (χ2n) is 3.99. The number of nitrogens with zero attached hydrogens (tertiary/aromatic N) is 2. The summed E-state index contributed by atoms with van der Waals surface area (Å²) in [6.07, 6.45) is 3.61. The van der Waals surface area contributed by atoms with Crippen LogP contribution in [0.2, 0.25) is 5.02 Å². The smallest absolute Gasteiger partial charge is 0.0885 e. The van der Waals surface area contributed by atoms with Crippen LogP contribution in [0.4, 0.5) is 0 Å². The third kappa shape index (κ3) is 2.39. The van der Waals surface area contributed by atoms with Gasteiger partial charge in [-0.3, -0.25) is 9.97 Å². The summed E-state index contributed by atoms with van der Waals surface area (Å²) in [6, 6.07) is 7.63. The van der Waals surface area contributed by atoms with Crippen molar-refractivity contribution in [1.29, 1.82) is 0 Å². The van der Waals surface area contributed by atoms with E-state index in [9.17, 15) is 0 Å². The van der Waals surface area contributed by atoms with Crippen LogP contribution < -0.4 is 0 Å². The molecule has 1 aromatic carbocycles. The van der Waals surface area contributed by atoms with Gasteiger partial charge in [-0.25, -0.2) is 0 Å². The maximum Gasteiger partial charge on any atom is 0.0885 e. The number of halogens is 1. The van der Waals surface area contributed by atoms with E-state index in [1.54, 1.807) is 6.20 Å². The van der Waals surface area contributed by atoms with Gasteiger partial charge in [0, 0.05) is 16.8 Å². The summed E-state index contributed by atoms with van der Waals surface area (Å²) >= 11 is 5.93. The predicted molar refractivity (Wildman–Crippen MR) is 66.6 cm³/mol. The van der Waals surface area contributed by atoms with Crippen LogP contribution in [-0.2, 0) is 0 Å². The first-order chi connectivity index (χ1) is 7.66. The van der Waals surface area contributed by atoms with Gasteiger partial charge < -0.3 is 0 Å². The molecule has 0 radical (unpaired) electrons. The number of benzene rings is 1. The van der Waals surface area contributed by atoms with Gasteiger partial charge in [0.15, 0.2) is 0 Å². The molecule has 0 bridgehead atoms. The third-order valence-corrected chi connectivity index (χ3v) is 2.62. The summed E-state index contributed by atoms with van der Waals surface area (Å²) in [5, 5.41) is 0.715. The standard InChI is InChI=1S/C13H13ClN2/c1-9(2)12-7-16-13(8-15-12)10-4-3-5-11(14)6-10/h3-9H,1-2H3. The average molecular weight is 233 g/mol. The zero-order chi connectivity index (χ0) is 11.5. The van der Waals surface area contributed by atoms with Crippen molar-refractivity contribution in [3.63, 3.8) is 0 Å². The summed E-state index contributed by atoms with van der Waals surface area (Å²) in [5.74, 6) is 0.404. The molecule has 0 fully saturated rings. The van der Waals surface area contributed by atoms with E-state index in [0.29, 0.717) is 10.9 Å². The Morgan fingerprint density at radius 1 is 1.12 bits per heavy atom. The van der Waals surface area contributed by atoms with Crippen LogP contribution in [-0.4, -0.2) is 9.97 Å². The first-order valence-electron chi connectivity index (χ1n) is 5.24. The monoisotopic (exact) mass is 232 g/mol. The topological polar surface area (TPSA) is 25.8 Å². The Labute approximate surface area is 100 Å². The zero-order valence-electron chi connectivity index (χ0n) is 9.31. The quantitative estimate of drug-likeness (QED) is 0.784. The van der Waals surface area contributed by atoms with Crippen molar-refractivity contribution in [2.45, 2.75) is 19.8 Å². The van der Waals surface area contributed by atoms with Crippen LogP contribution in [0.25, 0.3) is 11.3 Å². The number of aromatic nitrogens is 2. The highest BCUT2D eigenvalue weighted by Crippen LogP contribution is 2.21. The van der Waals surface area contributed by atoms with Crippen molar-refractivity contribution in [3.05, 3.63) is 47.4 Å². The van der Waals surface area contributed by atoms with Crippen molar-refractivity contribution < 1.29 is 0 Å². The lowest BCUT2D eigenvalue weighted by Gasteiger charge is -2.05. The molecule has 2 aromatic rings. The van der Waals surface area contributed by atoms with E-state index in [2.05, 4.69) is 23.8 Å². The Kier molecular flexibility index (Phi) is 3.20. The lowest BCUT2D eigenvalue weighted by atomic mass is 10.1. The summed E-state index contributed by atoms with van der Waals surface area (Å²) in [5.41, 5.74) is 2.85. The van der Waals surface area contributed by atoms with Crippen LogP contribution in [0.15, 0.2) is 36.7 Å². The first kappa shape index (κ1) is 11.1. The third-order valence-electron chi connectivity index (χ3n) is 2.38. The van der Waals surface area contributed by atoms with Gasteiger partial charge in [0.05, 0.1) is 17.6 Å². The predicted octanol–water partition coefficient (Wildman–Crippen LogP) is 3.92. The van der Waals surface area contributed by atoms with Gasteiger partial charge in [0.1, 0.15) is 0 Å². The molecule has 0 saturated carbocycles. The van der Waals surface area contributed by atoms with Crippen molar-refractivity contribution in [2.24, 2.45) is 0 Å². The fraction of sp³-hybridized carbons (Fsp3) is 0.231. The van der Waals surface area contributed by atoms with Crippen LogP contribution >= 0.6 is 11.6 Å². The average Bonchev–Trinajstić information content (AvgIpc) is 2.29. The van der Waals surface area contributed by atoms with E-state index < -0.39 is 0 Å². The van der Waals surface area contributed by atoms with Gasteiger partial charge in [-0.15, -0.1) is 0 Å². The van der Waals surface area contributed by atoms with Gasteiger partial charge in [-0.05, 0) is 18.1 Å². The highest BCUT2D eigenvalue weighted by Gasteiger charge is 2.03. The molecule has 1 aromatic heterocycles. The molecule has 2 nitrogen and oxygen atoms in total. The van der Waals surface area contributed by atoms with E-state index in [-0.39, 0.29) is 0 Å². The maximum atomic E-state index is 5.93. The summed E-state index contributed by atoms with van der Waals surface area (Å²) in [4.78, 5) is 8.77. The molecule has 0 aliphatic rings. The molecule has 1 heterocycles. The van der Waals surface area contributed by atoms with Crippen LogP contribution in [0.1, 0.15) is 25.5 Å². The molecule has 0 saturated heterocycles. The normalized spacial score (nSPS) is 10.8. The Morgan fingerprint density at radius 2 is 1.94 bits per heavy atom. The second-order valence-corrected chi connectivity index (χ2v) is 4.43. The van der Waals surface area contributed by atoms with E-state index in [1.165, 1.54) is 0 Å². The van der Waals surface area contributed by atoms with Crippen LogP contribution in [0.5, 0.6) is 0 Å². The molecule has 0 N–H and O–H groups in total.